The van der Waals surface area contributed by atoms with Crippen molar-refractivity contribution >= 4 is 5.91 Å². The molecule has 0 saturated carbocycles. The maximum absolute atomic E-state index is 13.6. The van der Waals surface area contributed by atoms with E-state index in [1.165, 1.54) is 12.1 Å². The molecule has 0 aliphatic heterocycles. The summed E-state index contributed by atoms with van der Waals surface area (Å²) >= 11 is 0. The van der Waals surface area contributed by atoms with Crippen LogP contribution in [0.25, 0.3) is 0 Å². The average molecular weight is 345 g/mol. The molecule has 0 heterocycles. The summed E-state index contributed by atoms with van der Waals surface area (Å²) < 4.78 is 13.6. The summed E-state index contributed by atoms with van der Waals surface area (Å²) in [5, 5.41) is 22.4. The van der Waals surface area contributed by atoms with Gasteiger partial charge in [-0.1, -0.05) is 30.3 Å². The van der Waals surface area contributed by atoms with Gasteiger partial charge in [-0.15, -0.1) is 0 Å². The van der Waals surface area contributed by atoms with Crippen LogP contribution in [-0.2, 0) is 6.42 Å². The molecule has 1 atom stereocenters. The number of rotatable bonds is 7. The number of carbonyl (C=O) groups is 1. The third-order valence-electron chi connectivity index (χ3n) is 3.96. The summed E-state index contributed by atoms with van der Waals surface area (Å²) in [6.45, 7) is 3.45. The Labute approximate surface area is 147 Å². The highest BCUT2D eigenvalue weighted by atomic mass is 19.1. The van der Waals surface area contributed by atoms with Gasteiger partial charge in [-0.05, 0) is 50.5 Å². The van der Waals surface area contributed by atoms with Crippen LogP contribution in [0.15, 0.2) is 48.5 Å². The van der Waals surface area contributed by atoms with Crippen LogP contribution in [0.5, 0.6) is 0 Å². The molecular weight excluding hydrogens is 321 g/mol. The first-order valence-corrected chi connectivity index (χ1v) is 8.28. The van der Waals surface area contributed by atoms with Crippen LogP contribution in [0.4, 0.5) is 4.39 Å². The summed E-state index contributed by atoms with van der Waals surface area (Å²) in [5.41, 5.74) is 0.932. The number of aliphatic hydroxyl groups is 2. The smallest absolute Gasteiger partial charge is 0.251 e. The van der Waals surface area contributed by atoms with Gasteiger partial charge in [0.15, 0.2) is 0 Å². The van der Waals surface area contributed by atoms with Crippen molar-refractivity contribution in [2.45, 2.75) is 38.4 Å². The second kappa shape index (κ2) is 8.23. The monoisotopic (exact) mass is 345 g/mol. The van der Waals surface area contributed by atoms with E-state index in [0.29, 0.717) is 12.0 Å². The van der Waals surface area contributed by atoms with Gasteiger partial charge in [-0.2, -0.15) is 0 Å². The lowest BCUT2D eigenvalue weighted by molar-refractivity contribution is 0.0713. The summed E-state index contributed by atoms with van der Waals surface area (Å²) in [4.78, 5) is 12.1. The van der Waals surface area contributed by atoms with Gasteiger partial charge in [0.2, 0.25) is 0 Å². The van der Waals surface area contributed by atoms with Crippen molar-refractivity contribution in [3.8, 4) is 0 Å². The van der Waals surface area contributed by atoms with Gasteiger partial charge in [-0.3, -0.25) is 4.79 Å². The molecule has 2 rings (SSSR count). The van der Waals surface area contributed by atoms with E-state index in [1.807, 2.05) is 12.1 Å². The van der Waals surface area contributed by atoms with Gasteiger partial charge in [0.1, 0.15) is 5.82 Å². The minimum absolute atomic E-state index is 0.0692. The Bertz CT molecular complexity index is 708. The number of hydrogen-bond acceptors (Lipinski definition) is 3. The fourth-order valence-corrected chi connectivity index (χ4v) is 2.42. The Morgan fingerprint density at radius 2 is 1.80 bits per heavy atom. The molecule has 2 aromatic rings. The molecule has 0 aromatic heterocycles. The fourth-order valence-electron chi connectivity index (χ4n) is 2.42. The molecule has 1 amide bonds. The maximum Gasteiger partial charge on any atom is 0.251 e. The van der Waals surface area contributed by atoms with E-state index in [2.05, 4.69) is 5.32 Å². The molecule has 0 bridgehead atoms. The molecular formula is C20H24FNO3. The lowest BCUT2D eigenvalue weighted by Crippen LogP contribution is -2.28. The summed E-state index contributed by atoms with van der Waals surface area (Å²) in [5.74, 6) is -0.829. The van der Waals surface area contributed by atoms with Crippen LogP contribution in [0.2, 0.25) is 0 Å². The second-order valence-electron chi connectivity index (χ2n) is 6.76. The highest BCUT2D eigenvalue weighted by molar-refractivity contribution is 5.94. The Morgan fingerprint density at radius 1 is 1.16 bits per heavy atom. The number of aryl methyl sites for hydroxylation is 1. The molecule has 0 radical (unpaired) electrons. The summed E-state index contributed by atoms with van der Waals surface area (Å²) in [6, 6.07) is 13.0. The van der Waals surface area contributed by atoms with Crippen LogP contribution in [0.3, 0.4) is 0 Å². The van der Waals surface area contributed by atoms with E-state index in [4.69, 9.17) is 0 Å². The topological polar surface area (TPSA) is 69.6 Å². The van der Waals surface area contributed by atoms with Crippen molar-refractivity contribution in [2.24, 2.45) is 0 Å². The predicted octanol–water partition coefficient (Wildman–Crippen LogP) is 2.99. The second-order valence-corrected chi connectivity index (χ2v) is 6.76. The fraction of sp³-hybridized carbons (Fsp3) is 0.350. The summed E-state index contributed by atoms with van der Waals surface area (Å²) in [7, 11) is 0. The Balaban J connectivity index is 1.89. The zero-order chi connectivity index (χ0) is 18.4. The van der Waals surface area contributed by atoms with Gasteiger partial charge in [0, 0.05) is 17.7 Å². The Morgan fingerprint density at radius 3 is 2.40 bits per heavy atom. The lowest BCUT2D eigenvalue weighted by Gasteiger charge is -2.16. The highest BCUT2D eigenvalue weighted by Crippen LogP contribution is 2.16. The molecule has 0 fully saturated rings. The van der Waals surface area contributed by atoms with Gasteiger partial charge in [0.05, 0.1) is 11.7 Å². The van der Waals surface area contributed by atoms with Crippen molar-refractivity contribution in [3.05, 3.63) is 71.0 Å². The molecule has 2 aromatic carbocycles. The van der Waals surface area contributed by atoms with E-state index < -0.39 is 17.5 Å². The van der Waals surface area contributed by atoms with Crippen molar-refractivity contribution in [2.75, 3.05) is 6.54 Å². The molecule has 134 valence electrons. The average Bonchev–Trinajstić information content (AvgIpc) is 2.58. The van der Waals surface area contributed by atoms with E-state index in [-0.39, 0.29) is 18.0 Å². The van der Waals surface area contributed by atoms with Gasteiger partial charge >= 0.3 is 0 Å². The van der Waals surface area contributed by atoms with E-state index in [0.717, 1.165) is 12.0 Å². The van der Waals surface area contributed by atoms with E-state index in [9.17, 15) is 19.4 Å². The molecule has 0 saturated heterocycles. The first kappa shape index (κ1) is 19.1. The zero-order valence-corrected chi connectivity index (χ0v) is 14.5. The summed E-state index contributed by atoms with van der Waals surface area (Å²) in [6.07, 6.45) is 0.251. The number of halogens is 1. The Kier molecular flexibility index (Phi) is 6.28. The minimum Gasteiger partial charge on any atom is -0.390 e. The number of nitrogens with one attached hydrogen (secondary N) is 1. The van der Waals surface area contributed by atoms with Crippen LogP contribution in [-0.4, -0.2) is 28.3 Å². The highest BCUT2D eigenvalue weighted by Gasteiger charge is 2.15. The standard InChI is InChI=1S/C20H24FNO3/c1-20(2,25)12-11-14-7-9-15(10-8-14)19(24)22-13-18(23)16-5-3-4-6-17(16)21/h3-10,18,23,25H,11-13H2,1-2H3,(H,22,24)/t18-/m0/s1. The molecule has 5 heteroatoms. The molecule has 0 aliphatic carbocycles. The SMILES string of the molecule is CC(C)(O)CCc1ccc(C(=O)NC[C@H](O)c2ccccc2F)cc1. The lowest BCUT2D eigenvalue weighted by atomic mass is 9.98. The first-order chi connectivity index (χ1) is 11.8. The van der Waals surface area contributed by atoms with Crippen LogP contribution in [0, 0.1) is 5.82 Å². The maximum atomic E-state index is 13.6. The molecule has 25 heavy (non-hydrogen) atoms. The van der Waals surface area contributed by atoms with Gasteiger partial charge in [0.25, 0.3) is 5.91 Å². The quantitative estimate of drug-likeness (QED) is 0.722. The Hall–Kier alpha value is -2.24. The number of carbonyl (C=O) groups excluding carboxylic acids is 1. The van der Waals surface area contributed by atoms with E-state index in [1.54, 1.807) is 38.1 Å². The first-order valence-electron chi connectivity index (χ1n) is 8.28. The number of benzene rings is 2. The van der Waals surface area contributed by atoms with Crippen LogP contribution >= 0.6 is 0 Å². The van der Waals surface area contributed by atoms with Crippen molar-refractivity contribution in [3.63, 3.8) is 0 Å². The molecule has 0 aliphatic rings. The number of aliphatic hydroxyl groups excluding tert-OH is 1. The molecule has 0 unspecified atom stereocenters. The molecule has 3 N–H and O–H groups in total. The van der Waals surface area contributed by atoms with Crippen molar-refractivity contribution in [1.82, 2.24) is 5.32 Å². The van der Waals surface area contributed by atoms with Crippen LogP contribution in [0.1, 0.15) is 47.9 Å². The van der Waals surface area contributed by atoms with Crippen LogP contribution < -0.4 is 5.32 Å². The normalized spacial score (nSPS) is 12.7. The van der Waals surface area contributed by atoms with Crippen molar-refractivity contribution < 1.29 is 19.4 Å². The number of amides is 1. The third kappa shape index (κ3) is 5.96. The van der Waals surface area contributed by atoms with E-state index >= 15 is 0 Å². The largest absolute Gasteiger partial charge is 0.390 e. The van der Waals surface area contributed by atoms with Gasteiger partial charge in [-0.25, -0.2) is 4.39 Å². The van der Waals surface area contributed by atoms with Gasteiger partial charge < -0.3 is 15.5 Å². The molecule has 0 spiro atoms. The molecule has 4 nitrogen and oxygen atoms in total. The minimum atomic E-state index is -1.10. The zero-order valence-electron chi connectivity index (χ0n) is 14.5. The number of hydrogen-bond donors (Lipinski definition) is 3. The third-order valence-corrected chi connectivity index (χ3v) is 3.96. The predicted molar refractivity (Wildman–Crippen MR) is 94.8 cm³/mol. The van der Waals surface area contributed by atoms with Crippen molar-refractivity contribution in [1.29, 1.82) is 0 Å².